The number of rotatable bonds is 3. The summed E-state index contributed by atoms with van der Waals surface area (Å²) in [5.41, 5.74) is 1.28. The largest absolute Gasteiger partial charge is 0.335 e. The highest BCUT2D eigenvalue weighted by Crippen LogP contribution is 2.40. The van der Waals surface area contributed by atoms with Crippen LogP contribution in [0.2, 0.25) is 0 Å². The van der Waals surface area contributed by atoms with Crippen LogP contribution in [0.4, 0.5) is 0 Å². The Morgan fingerprint density at radius 3 is 2.62 bits per heavy atom. The van der Waals surface area contributed by atoms with Crippen LogP contribution in [0.3, 0.4) is 0 Å². The Balaban J connectivity index is 1.93. The topological polar surface area (TPSA) is 54.5 Å². The molecule has 0 bridgehead atoms. The van der Waals surface area contributed by atoms with Gasteiger partial charge < -0.3 is 4.90 Å². The molecule has 0 radical (unpaired) electrons. The van der Waals surface area contributed by atoms with E-state index < -0.39 is 9.84 Å². The normalized spacial score (nSPS) is 27.1. The van der Waals surface area contributed by atoms with Crippen LogP contribution in [0.15, 0.2) is 23.1 Å². The van der Waals surface area contributed by atoms with Gasteiger partial charge in [-0.15, -0.1) is 0 Å². The number of carbonyl (C=O) groups is 1. The molecule has 1 amide bonds. The van der Waals surface area contributed by atoms with E-state index in [0.717, 1.165) is 18.5 Å². The lowest BCUT2D eigenvalue weighted by molar-refractivity contribution is 0.0690. The van der Waals surface area contributed by atoms with Crippen molar-refractivity contribution in [3.05, 3.63) is 29.3 Å². The monoisotopic (exact) mass is 349 g/mol. The fourth-order valence-electron chi connectivity index (χ4n) is 4.50. The predicted molar refractivity (Wildman–Crippen MR) is 94.9 cm³/mol. The van der Waals surface area contributed by atoms with Gasteiger partial charge in [-0.3, -0.25) is 4.79 Å². The van der Waals surface area contributed by atoms with Crippen molar-refractivity contribution in [2.75, 3.05) is 12.8 Å². The number of fused-ring (bicyclic) bond motifs is 1. The molecule has 1 aliphatic heterocycles. The lowest BCUT2D eigenvalue weighted by Crippen LogP contribution is -2.39. The molecular weight excluding hydrogens is 322 g/mol. The van der Waals surface area contributed by atoms with Gasteiger partial charge in [-0.1, -0.05) is 32.8 Å². The second-order valence-electron chi connectivity index (χ2n) is 7.40. The molecule has 5 heteroatoms. The summed E-state index contributed by atoms with van der Waals surface area (Å²) in [5, 5.41) is 0. The summed E-state index contributed by atoms with van der Waals surface area (Å²) < 4.78 is 24.1. The van der Waals surface area contributed by atoms with Gasteiger partial charge in [0.25, 0.3) is 5.91 Å². The summed E-state index contributed by atoms with van der Waals surface area (Å²) in [6, 6.07) is 5.49. The van der Waals surface area contributed by atoms with Gasteiger partial charge >= 0.3 is 0 Å². The number of hydrogen-bond acceptors (Lipinski definition) is 3. The number of amides is 1. The Kier molecular flexibility index (Phi) is 4.73. The van der Waals surface area contributed by atoms with Crippen LogP contribution >= 0.6 is 0 Å². The van der Waals surface area contributed by atoms with Crippen molar-refractivity contribution >= 4 is 15.7 Å². The maximum absolute atomic E-state index is 13.1. The van der Waals surface area contributed by atoms with E-state index in [1.165, 1.54) is 25.5 Å². The molecular formula is C19H27NO3S. The van der Waals surface area contributed by atoms with E-state index in [-0.39, 0.29) is 5.91 Å². The van der Waals surface area contributed by atoms with Crippen LogP contribution < -0.4 is 0 Å². The smallest absolute Gasteiger partial charge is 0.254 e. The molecule has 4 nitrogen and oxygen atoms in total. The molecule has 0 N–H and O–H groups in total. The van der Waals surface area contributed by atoms with Crippen molar-refractivity contribution in [3.63, 3.8) is 0 Å². The summed E-state index contributed by atoms with van der Waals surface area (Å²) in [6.45, 7) is 4.95. The zero-order valence-corrected chi connectivity index (χ0v) is 15.6. The van der Waals surface area contributed by atoms with Crippen LogP contribution in [-0.2, 0) is 16.3 Å². The lowest BCUT2D eigenvalue weighted by Gasteiger charge is -2.32. The van der Waals surface area contributed by atoms with Crippen molar-refractivity contribution < 1.29 is 13.2 Å². The van der Waals surface area contributed by atoms with Crippen molar-refractivity contribution in [2.24, 2.45) is 11.8 Å². The van der Waals surface area contributed by atoms with E-state index in [9.17, 15) is 13.2 Å². The molecule has 1 saturated heterocycles. The highest BCUT2D eigenvalue weighted by Gasteiger charge is 2.42. The van der Waals surface area contributed by atoms with Gasteiger partial charge in [-0.2, -0.15) is 0 Å². The molecule has 1 aromatic rings. The Labute approximate surface area is 145 Å². The summed E-state index contributed by atoms with van der Waals surface area (Å²) in [7, 11) is -3.33. The fourth-order valence-corrected chi connectivity index (χ4v) is 5.53. The Morgan fingerprint density at radius 2 is 1.96 bits per heavy atom. The van der Waals surface area contributed by atoms with E-state index in [4.69, 9.17) is 0 Å². The first-order valence-corrected chi connectivity index (χ1v) is 10.9. The average Bonchev–Trinajstić information content (AvgIpc) is 2.90. The molecule has 24 heavy (non-hydrogen) atoms. The van der Waals surface area contributed by atoms with Gasteiger partial charge in [0, 0.05) is 24.4 Å². The number of sulfone groups is 1. The molecule has 2 fully saturated rings. The molecule has 132 valence electrons. The van der Waals surface area contributed by atoms with E-state index >= 15 is 0 Å². The zero-order valence-electron chi connectivity index (χ0n) is 14.8. The van der Waals surface area contributed by atoms with Crippen LogP contribution in [-0.4, -0.2) is 38.1 Å². The SMILES string of the molecule is CCc1ccc(C(=O)N2C[C@H](C)[C@H]3CCCC[C@H]32)cc1S(C)(=O)=O. The third kappa shape index (κ3) is 3.10. The third-order valence-electron chi connectivity index (χ3n) is 5.75. The van der Waals surface area contributed by atoms with Gasteiger partial charge in [0.05, 0.1) is 4.90 Å². The molecule has 0 spiro atoms. The summed E-state index contributed by atoms with van der Waals surface area (Å²) >= 11 is 0. The fraction of sp³-hybridized carbons (Fsp3) is 0.632. The minimum Gasteiger partial charge on any atom is -0.335 e. The first-order valence-electron chi connectivity index (χ1n) is 8.97. The third-order valence-corrected chi connectivity index (χ3v) is 6.93. The second-order valence-corrected chi connectivity index (χ2v) is 9.38. The predicted octanol–water partition coefficient (Wildman–Crippen LogP) is 3.30. The van der Waals surface area contributed by atoms with Crippen molar-refractivity contribution in [3.8, 4) is 0 Å². The lowest BCUT2D eigenvalue weighted by atomic mass is 9.80. The number of hydrogen-bond donors (Lipinski definition) is 0. The molecule has 0 unspecified atom stereocenters. The van der Waals surface area contributed by atoms with Crippen molar-refractivity contribution in [1.82, 2.24) is 4.90 Å². The summed E-state index contributed by atoms with van der Waals surface area (Å²) in [5.74, 6) is 1.12. The van der Waals surface area contributed by atoms with Crippen molar-refractivity contribution in [2.45, 2.75) is 56.9 Å². The van der Waals surface area contributed by atoms with Crippen LogP contribution in [0.5, 0.6) is 0 Å². The first-order chi connectivity index (χ1) is 11.3. The highest BCUT2D eigenvalue weighted by molar-refractivity contribution is 7.90. The molecule has 0 aromatic heterocycles. The van der Waals surface area contributed by atoms with Gasteiger partial charge in [-0.25, -0.2) is 8.42 Å². The maximum atomic E-state index is 13.1. The number of carbonyl (C=O) groups excluding carboxylic acids is 1. The van der Waals surface area contributed by atoms with E-state index in [2.05, 4.69) is 6.92 Å². The first kappa shape index (κ1) is 17.5. The van der Waals surface area contributed by atoms with E-state index in [0.29, 0.717) is 34.8 Å². The summed E-state index contributed by atoms with van der Waals surface area (Å²) in [4.78, 5) is 15.4. The van der Waals surface area contributed by atoms with E-state index in [1.54, 1.807) is 18.2 Å². The Bertz CT molecular complexity index is 741. The average molecular weight is 349 g/mol. The molecule has 2 aliphatic rings. The van der Waals surface area contributed by atoms with Crippen LogP contribution in [0, 0.1) is 11.8 Å². The Hall–Kier alpha value is -1.36. The number of likely N-dealkylation sites (tertiary alicyclic amines) is 1. The molecule has 1 aliphatic carbocycles. The molecule has 1 aromatic carbocycles. The van der Waals surface area contributed by atoms with Gasteiger partial charge in [0.2, 0.25) is 0 Å². The van der Waals surface area contributed by atoms with Crippen LogP contribution in [0.1, 0.15) is 55.5 Å². The molecule has 3 rings (SSSR count). The second kappa shape index (κ2) is 6.51. The van der Waals surface area contributed by atoms with Gasteiger partial charge in [0.1, 0.15) is 0 Å². The Morgan fingerprint density at radius 1 is 1.25 bits per heavy atom. The van der Waals surface area contributed by atoms with Gasteiger partial charge in [-0.05, 0) is 48.8 Å². The van der Waals surface area contributed by atoms with Crippen LogP contribution in [0.25, 0.3) is 0 Å². The van der Waals surface area contributed by atoms with E-state index in [1.807, 2.05) is 11.8 Å². The minimum absolute atomic E-state index is 0.0104. The summed E-state index contributed by atoms with van der Waals surface area (Å²) in [6.07, 6.45) is 6.58. The zero-order chi connectivity index (χ0) is 17.5. The maximum Gasteiger partial charge on any atom is 0.254 e. The molecule has 1 heterocycles. The van der Waals surface area contributed by atoms with Gasteiger partial charge in [0.15, 0.2) is 9.84 Å². The van der Waals surface area contributed by atoms with Crippen molar-refractivity contribution in [1.29, 1.82) is 0 Å². The standard InChI is InChI=1S/C19H27NO3S/c1-4-14-9-10-15(11-18(14)24(3,22)23)19(21)20-12-13(2)16-7-5-6-8-17(16)20/h9-11,13,16-17H,4-8,12H2,1-3H3/t13-,16+,17+/m0/s1. The minimum atomic E-state index is -3.33. The molecule has 3 atom stereocenters. The number of aryl methyl sites for hydroxylation is 1. The number of benzene rings is 1. The quantitative estimate of drug-likeness (QED) is 0.841. The molecule has 1 saturated carbocycles. The number of nitrogens with zero attached hydrogens (tertiary/aromatic N) is 1. The highest BCUT2D eigenvalue weighted by atomic mass is 32.2.